The van der Waals surface area contributed by atoms with Gasteiger partial charge in [-0.05, 0) is 78.7 Å². The Kier molecular flexibility index (Phi) is 7.42. The highest BCUT2D eigenvalue weighted by molar-refractivity contribution is 5.84. The molecular formula is C31H25NO4. The molecular weight excluding hydrogens is 450 g/mol. The van der Waals surface area contributed by atoms with E-state index in [2.05, 4.69) is 61.4 Å². The van der Waals surface area contributed by atoms with Gasteiger partial charge in [0.05, 0.1) is 0 Å². The number of carbonyl (C=O) groups is 2. The summed E-state index contributed by atoms with van der Waals surface area (Å²) in [5.41, 5.74) is 6.10. The van der Waals surface area contributed by atoms with Crippen LogP contribution < -0.4 is 14.4 Å². The van der Waals surface area contributed by atoms with Crippen molar-refractivity contribution in [3.05, 3.63) is 128 Å². The lowest BCUT2D eigenvalue weighted by Crippen LogP contribution is -2.10. The average molecular weight is 476 g/mol. The molecule has 178 valence electrons. The molecule has 4 aromatic rings. The number of hydrogen-bond donors (Lipinski definition) is 0. The number of carbonyl (C=O) groups excluding carboxylic acids is 2. The molecule has 5 nitrogen and oxygen atoms in total. The fourth-order valence-electron chi connectivity index (χ4n) is 3.64. The van der Waals surface area contributed by atoms with Crippen LogP contribution in [-0.2, 0) is 9.59 Å². The molecule has 0 saturated heterocycles. The zero-order chi connectivity index (χ0) is 25.5. The minimum atomic E-state index is -0.518. The van der Waals surface area contributed by atoms with E-state index < -0.39 is 11.9 Å². The maximum atomic E-state index is 11.5. The van der Waals surface area contributed by atoms with Gasteiger partial charge in [0.25, 0.3) is 0 Å². The van der Waals surface area contributed by atoms with Crippen molar-refractivity contribution in [1.29, 1.82) is 0 Å². The molecule has 36 heavy (non-hydrogen) atoms. The van der Waals surface area contributed by atoms with Gasteiger partial charge in [0.2, 0.25) is 0 Å². The summed E-state index contributed by atoms with van der Waals surface area (Å²) < 4.78 is 10.4. The fraction of sp³-hybridized carbons (Fsp3) is 0.0323. The number of esters is 2. The second-order valence-corrected chi connectivity index (χ2v) is 7.99. The van der Waals surface area contributed by atoms with Crippen LogP contribution in [0.15, 0.2) is 122 Å². The van der Waals surface area contributed by atoms with E-state index >= 15 is 0 Å². The Morgan fingerprint density at radius 3 is 1.28 bits per heavy atom. The lowest BCUT2D eigenvalue weighted by atomic mass is 10.0. The number of benzene rings is 4. The standard InChI is InChI=1S/C31H25NO4/c1-4-30(33)35-28-18-14-26(15-19-28)32(27-16-20-29(21-17-27)36-31(34)5-2)25-12-10-24(11-13-25)23-8-6-22(3)7-9-23/h4-21H,1-2H2,3H3. The van der Waals surface area contributed by atoms with Gasteiger partial charge in [-0.25, -0.2) is 9.59 Å². The van der Waals surface area contributed by atoms with E-state index in [1.165, 1.54) is 5.56 Å². The first-order valence-corrected chi connectivity index (χ1v) is 11.3. The Morgan fingerprint density at radius 1 is 0.583 bits per heavy atom. The zero-order valence-corrected chi connectivity index (χ0v) is 19.9. The van der Waals surface area contributed by atoms with Crippen LogP contribution in [0.5, 0.6) is 11.5 Å². The van der Waals surface area contributed by atoms with Crippen molar-refractivity contribution in [1.82, 2.24) is 0 Å². The molecule has 0 fully saturated rings. The summed E-state index contributed by atoms with van der Waals surface area (Å²) in [6.45, 7) is 8.92. The fourth-order valence-corrected chi connectivity index (χ4v) is 3.64. The van der Waals surface area contributed by atoms with Crippen LogP contribution in [0, 0.1) is 6.92 Å². The van der Waals surface area contributed by atoms with Crippen LogP contribution in [-0.4, -0.2) is 11.9 Å². The molecule has 0 bridgehead atoms. The van der Waals surface area contributed by atoms with Gasteiger partial charge in [-0.1, -0.05) is 55.1 Å². The van der Waals surface area contributed by atoms with E-state index in [-0.39, 0.29) is 0 Å². The van der Waals surface area contributed by atoms with Crippen molar-refractivity contribution in [2.75, 3.05) is 4.90 Å². The van der Waals surface area contributed by atoms with Gasteiger partial charge in [-0.15, -0.1) is 0 Å². The molecule has 0 aromatic heterocycles. The van der Waals surface area contributed by atoms with Crippen LogP contribution in [0.3, 0.4) is 0 Å². The minimum Gasteiger partial charge on any atom is -0.423 e. The normalized spacial score (nSPS) is 10.2. The molecule has 0 radical (unpaired) electrons. The number of rotatable bonds is 8. The summed E-state index contributed by atoms with van der Waals surface area (Å²) in [4.78, 5) is 25.1. The quantitative estimate of drug-likeness (QED) is 0.152. The van der Waals surface area contributed by atoms with Gasteiger partial charge in [-0.3, -0.25) is 0 Å². The summed E-state index contributed by atoms with van der Waals surface area (Å²) in [6.07, 6.45) is 2.24. The topological polar surface area (TPSA) is 55.8 Å². The van der Waals surface area contributed by atoms with Crippen molar-refractivity contribution in [3.63, 3.8) is 0 Å². The van der Waals surface area contributed by atoms with Crippen molar-refractivity contribution >= 4 is 29.0 Å². The first kappa shape index (κ1) is 24.2. The number of anilines is 3. The molecule has 5 heteroatoms. The highest BCUT2D eigenvalue weighted by Gasteiger charge is 2.14. The second kappa shape index (κ2) is 11.0. The predicted octanol–water partition coefficient (Wildman–Crippen LogP) is 7.31. The molecule has 0 aliphatic rings. The first-order chi connectivity index (χ1) is 17.5. The second-order valence-electron chi connectivity index (χ2n) is 7.99. The average Bonchev–Trinajstić information content (AvgIpc) is 2.91. The van der Waals surface area contributed by atoms with Gasteiger partial charge in [-0.2, -0.15) is 0 Å². The first-order valence-electron chi connectivity index (χ1n) is 11.3. The van der Waals surface area contributed by atoms with E-state index in [0.717, 1.165) is 40.3 Å². The van der Waals surface area contributed by atoms with Crippen LogP contribution in [0.25, 0.3) is 11.1 Å². The Balaban J connectivity index is 1.69. The highest BCUT2D eigenvalue weighted by atomic mass is 16.5. The smallest absolute Gasteiger partial charge is 0.335 e. The lowest BCUT2D eigenvalue weighted by molar-refractivity contribution is -0.129. The Bertz CT molecular complexity index is 1310. The number of nitrogens with zero attached hydrogens (tertiary/aromatic N) is 1. The monoisotopic (exact) mass is 475 g/mol. The third-order valence-corrected chi connectivity index (χ3v) is 5.47. The van der Waals surface area contributed by atoms with Crippen molar-refractivity contribution in [3.8, 4) is 22.6 Å². The van der Waals surface area contributed by atoms with Crippen LogP contribution >= 0.6 is 0 Å². The van der Waals surface area contributed by atoms with Crippen molar-refractivity contribution < 1.29 is 19.1 Å². The Labute approximate surface area is 210 Å². The summed E-state index contributed by atoms with van der Waals surface area (Å²) in [7, 11) is 0. The van der Waals surface area contributed by atoms with Crippen molar-refractivity contribution in [2.24, 2.45) is 0 Å². The Morgan fingerprint density at radius 2 is 0.917 bits per heavy atom. The molecule has 0 aliphatic heterocycles. The van der Waals surface area contributed by atoms with Gasteiger partial charge in [0.15, 0.2) is 0 Å². The van der Waals surface area contributed by atoms with E-state index in [1.807, 2.05) is 36.4 Å². The summed E-state index contributed by atoms with van der Waals surface area (Å²) in [5, 5.41) is 0. The van der Waals surface area contributed by atoms with E-state index in [1.54, 1.807) is 24.3 Å². The number of aryl methyl sites for hydroxylation is 1. The number of ether oxygens (including phenoxy) is 2. The molecule has 0 aliphatic carbocycles. The largest absolute Gasteiger partial charge is 0.423 e. The molecule has 0 heterocycles. The SMILES string of the molecule is C=CC(=O)Oc1ccc(N(c2ccc(OC(=O)C=C)cc2)c2ccc(-c3ccc(C)cc3)cc2)cc1. The predicted molar refractivity (Wildman–Crippen MR) is 143 cm³/mol. The molecule has 4 rings (SSSR count). The van der Waals surface area contributed by atoms with E-state index in [0.29, 0.717) is 11.5 Å². The molecule has 4 aromatic carbocycles. The molecule has 0 spiro atoms. The molecule has 0 atom stereocenters. The highest BCUT2D eigenvalue weighted by Crippen LogP contribution is 2.37. The zero-order valence-electron chi connectivity index (χ0n) is 19.9. The summed E-state index contributed by atoms with van der Waals surface area (Å²) in [5.74, 6) is -0.193. The number of hydrogen-bond acceptors (Lipinski definition) is 5. The van der Waals surface area contributed by atoms with E-state index in [4.69, 9.17) is 9.47 Å². The molecule has 0 unspecified atom stereocenters. The van der Waals surface area contributed by atoms with Gasteiger partial charge in [0, 0.05) is 29.2 Å². The molecule has 0 amide bonds. The van der Waals surface area contributed by atoms with Crippen LogP contribution in [0.1, 0.15) is 5.56 Å². The van der Waals surface area contributed by atoms with Crippen LogP contribution in [0.2, 0.25) is 0 Å². The maximum absolute atomic E-state index is 11.5. The molecule has 0 saturated carbocycles. The molecule has 0 N–H and O–H groups in total. The minimum absolute atomic E-state index is 0.421. The van der Waals surface area contributed by atoms with Gasteiger partial charge >= 0.3 is 11.9 Å². The Hall–Kier alpha value is -4.90. The van der Waals surface area contributed by atoms with Crippen molar-refractivity contribution in [2.45, 2.75) is 6.92 Å². The lowest BCUT2D eigenvalue weighted by Gasteiger charge is -2.26. The third-order valence-electron chi connectivity index (χ3n) is 5.47. The van der Waals surface area contributed by atoms with Gasteiger partial charge in [0.1, 0.15) is 11.5 Å². The van der Waals surface area contributed by atoms with Crippen LogP contribution in [0.4, 0.5) is 17.1 Å². The third kappa shape index (κ3) is 5.77. The summed E-state index contributed by atoms with van der Waals surface area (Å²) >= 11 is 0. The van der Waals surface area contributed by atoms with E-state index in [9.17, 15) is 9.59 Å². The maximum Gasteiger partial charge on any atom is 0.335 e. The summed E-state index contributed by atoms with van der Waals surface area (Å²) in [6, 6.07) is 31.0. The van der Waals surface area contributed by atoms with Gasteiger partial charge < -0.3 is 14.4 Å².